The van der Waals surface area contributed by atoms with Gasteiger partial charge in [-0.15, -0.1) is 0 Å². The average molecular weight is 454 g/mol. The Morgan fingerprint density at radius 1 is 0.970 bits per heavy atom. The van der Waals surface area contributed by atoms with Crippen LogP contribution in [0, 0.1) is 11.6 Å². The van der Waals surface area contributed by atoms with Crippen LogP contribution in [0.2, 0.25) is 0 Å². The Morgan fingerprint density at radius 3 is 2.52 bits per heavy atom. The average Bonchev–Trinajstić information content (AvgIpc) is 3.13. The number of fused-ring (bicyclic) bond motifs is 3. The number of likely N-dealkylation sites (tertiary alicyclic amines) is 1. The smallest absolute Gasteiger partial charge is 0.220 e. The Hall–Kier alpha value is -2.47. The van der Waals surface area contributed by atoms with Crippen molar-refractivity contribution in [2.75, 3.05) is 24.5 Å². The second-order valence-electron chi connectivity index (χ2n) is 9.82. The molecule has 33 heavy (non-hydrogen) atoms. The van der Waals surface area contributed by atoms with Crippen LogP contribution in [0.5, 0.6) is 0 Å². The fraction of sp³-hybridized carbons (Fsp3) is 0.519. The zero-order valence-corrected chi connectivity index (χ0v) is 19.1. The van der Waals surface area contributed by atoms with Crippen LogP contribution in [0.1, 0.15) is 62.8 Å². The highest BCUT2D eigenvalue weighted by Gasteiger charge is 2.42. The molecule has 0 radical (unpaired) electrons. The van der Waals surface area contributed by atoms with E-state index in [4.69, 9.17) is 0 Å². The molecule has 0 aromatic heterocycles. The third-order valence-electron chi connectivity index (χ3n) is 7.59. The number of amides is 1. The van der Waals surface area contributed by atoms with Gasteiger partial charge in [0.25, 0.3) is 0 Å². The number of rotatable bonds is 6. The standard InChI is InChI=1S/C27H33F2N3O/c28-19-8-11-22(12-9-19)32-25-13-10-20(29)17-23(25)24-18-31(16-14-26(24)32)15-4-7-27(33)30-21-5-2-1-3-6-21/h8-13,17,21,24,26H,1-7,14-16,18H2,(H,30,33)/t24-,26+/m1/s1. The molecule has 1 aliphatic carbocycles. The van der Waals surface area contributed by atoms with Gasteiger partial charge in [-0.05, 0) is 80.3 Å². The lowest BCUT2D eigenvalue weighted by atomic mass is 9.89. The minimum atomic E-state index is -0.254. The highest BCUT2D eigenvalue weighted by Crippen LogP contribution is 2.48. The van der Waals surface area contributed by atoms with Crippen molar-refractivity contribution < 1.29 is 13.6 Å². The summed E-state index contributed by atoms with van der Waals surface area (Å²) in [7, 11) is 0. The van der Waals surface area contributed by atoms with E-state index in [0.29, 0.717) is 12.5 Å². The predicted octanol–water partition coefficient (Wildman–Crippen LogP) is 5.50. The number of halogens is 2. The monoisotopic (exact) mass is 453 g/mol. The first kappa shape index (κ1) is 22.3. The summed E-state index contributed by atoms with van der Waals surface area (Å²) in [5.74, 6) is -0.0979. The number of benzene rings is 2. The molecule has 3 aliphatic rings. The van der Waals surface area contributed by atoms with Crippen molar-refractivity contribution in [1.29, 1.82) is 0 Å². The van der Waals surface area contributed by atoms with E-state index >= 15 is 0 Å². The minimum Gasteiger partial charge on any atom is -0.353 e. The van der Waals surface area contributed by atoms with Crippen LogP contribution in [-0.4, -0.2) is 42.5 Å². The van der Waals surface area contributed by atoms with Crippen molar-refractivity contribution in [3.05, 3.63) is 59.7 Å². The van der Waals surface area contributed by atoms with Crippen molar-refractivity contribution in [1.82, 2.24) is 10.2 Å². The van der Waals surface area contributed by atoms with Gasteiger partial charge in [-0.1, -0.05) is 19.3 Å². The molecular weight excluding hydrogens is 420 g/mol. The van der Waals surface area contributed by atoms with Gasteiger partial charge < -0.3 is 15.1 Å². The lowest BCUT2D eigenvalue weighted by Gasteiger charge is -2.39. The van der Waals surface area contributed by atoms with E-state index < -0.39 is 0 Å². The normalized spacial score (nSPS) is 23.3. The quantitative estimate of drug-likeness (QED) is 0.627. The van der Waals surface area contributed by atoms with Gasteiger partial charge >= 0.3 is 0 Å². The molecule has 176 valence electrons. The SMILES string of the molecule is O=C(CCCN1CC[C@H]2[C@H](C1)c1cc(F)ccc1N2c1ccc(F)cc1)NC1CCCCC1. The molecule has 2 atom stereocenters. The fourth-order valence-electron chi connectivity index (χ4n) is 5.99. The Morgan fingerprint density at radius 2 is 1.73 bits per heavy atom. The van der Waals surface area contributed by atoms with Crippen LogP contribution in [0.15, 0.2) is 42.5 Å². The van der Waals surface area contributed by atoms with Gasteiger partial charge in [-0.25, -0.2) is 8.78 Å². The molecule has 1 N–H and O–H groups in total. The molecule has 2 fully saturated rings. The predicted molar refractivity (Wildman–Crippen MR) is 127 cm³/mol. The van der Waals surface area contributed by atoms with Crippen LogP contribution in [0.3, 0.4) is 0 Å². The fourth-order valence-corrected chi connectivity index (χ4v) is 5.99. The number of anilines is 2. The second kappa shape index (κ2) is 9.80. The summed E-state index contributed by atoms with van der Waals surface area (Å²) in [4.78, 5) is 17.0. The third-order valence-corrected chi connectivity index (χ3v) is 7.59. The maximum atomic E-state index is 14.2. The number of carbonyl (C=O) groups is 1. The van der Waals surface area contributed by atoms with Gasteiger partial charge in [-0.3, -0.25) is 4.79 Å². The Kier molecular flexibility index (Phi) is 6.63. The first-order valence-electron chi connectivity index (χ1n) is 12.4. The Balaban J connectivity index is 1.22. The maximum Gasteiger partial charge on any atom is 0.220 e. The molecule has 2 aromatic rings. The number of nitrogens with zero attached hydrogens (tertiary/aromatic N) is 2. The number of hydrogen-bond donors (Lipinski definition) is 1. The summed E-state index contributed by atoms with van der Waals surface area (Å²) in [5, 5.41) is 3.21. The summed E-state index contributed by atoms with van der Waals surface area (Å²) < 4.78 is 27.7. The third kappa shape index (κ3) is 4.91. The molecular formula is C27H33F2N3O. The molecule has 0 unspecified atom stereocenters. The summed E-state index contributed by atoms with van der Waals surface area (Å²) in [6.45, 7) is 2.67. The molecule has 2 heterocycles. The molecule has 1 amide bonds. The van der Waals surface area contributed by atoms with Gasteiger partial charge in [0.1, 0.15) is 11.6 Å². The summed E-state index contributed by atoms with van der Waals surface area (Å²) >= 11 is 0. The highest BCUT2D eigenvalue weighted by molar-refractivity contribution is 5.76. The van der Waals surface area contributed by atoms with E-state index in [2.05, 4.69) is 15.1 Å². The highest BCUT2D eigenvalue weighted by atomic mass is 19.1. The molecule has 0 bridgehead atoms. The zero-order valence-electron chi connectivity index (χ0n) is 19.1. The number of carbonyl (C=O) groups excluding carboxylic acids is 1. The molecule has 5 rings (SSSR count). The molecule has 0 spiro atoms. The molecule has 1 saturated carbocycles. The number of hydrogen-bond acceptors (Lipinski definition) is 3. The zero-order chi connectivity index (χ0) is 22.8. The van der Waals surface area contributed by atoms with E-state index in [1.54, 1.807) is 6.07 Å². The van der Waals surface area contributed by atoms with E-state index in [1.807, 2.05) is 18.2 Å². The molecule has 6 heteroatoms. The van der Waals surface area contributed by atoms with Crippen molar-refractivity contribution in [3.8, 4) is 0 Å². The van der Waals surface area contributed by atoms with Crippen molar-refractivity contribution in [2.24, 2.45) is 0 Å². The van der Waals surface area contributed by atoms with Crippen molar-refractivity contribution >= 4 is 17.3 Å². The topological polar surface area (TPSA) is 35.6 Å². The number of nitrogens with one attached hydrogen (secondary N) is 1. The summed E-state index contributed by atoms with van der Waals surface area (Å²) in [5.41, 5.74) is 3.00. The van der Waals surface area contributed by atoms with Gasteiger partial charge in [0.05, 0.1) is 0 Å². The molecule has 1 saturated heterocycles. The lowest BCUT2D eigenvalue weighted by molar-refractivity contribution is -0.122. The van der Waals surface area contributed by atoms with Crippen LogP contribution >= 0.6 is 0 Å². The van der Waals surface area contributed by atoms with Gasteiger partial charge in [0, 0.05) is 48.9 Å². The van der Waals surface area contributed by atoms with E-state index in [9.17, 15) is 13.6 Å². The summed E-state index contributed by atoms with van der Waals surface area (Å²) in [6.07, 6.45) is 8.31. The van der Waals surface area contributed by atoms with Crippen LogP contribution in [-0.2, 0) is 4.79 Å². The first-order valence-corrected chi connectivity index (χ1v) is 12.4. The van der Waals surface area contributed by atoms with E-state index in [1.165, 1.54) is 37.5 Å². The van der Waals surface area contributed by atoms with Crippen molar-refractivity contribution in [2.45, 2.75) is 69.4 Å². The first-order chi connectivity index (χ1) is 16.1. The van der Waals surface area contributed by atoms with Gasteiger partial charge in [-0.2, -0.15) is 0 Å². The molecule has 2 aliphatic heterocycles. The number of piperidine rings is 1. The lowest BCUT2D eigenvalue weighted by Crippen LogP contribution is -2.45. The Labute approximate surface area is 195 Å². The summed E-state index contributed by atoms with van der Waals surface area (Å²) in [6, 6.07) is 12.2. The second-order valence-corrected chi connectivity index (χ2v) is 9.82. The van der Waals surface area contributed by atoms with Crippen LogP contribution < -0.4 is 10.2 Å². The molecule has 4 nitrogen and oxygen atoms in total. The maximum absolute atomic E-state index is 14.2. The minimum absolute atomic E-state index is 0.174. The van der Waals surface area contributed by atoms with Gasteiger partial charge in [0.15, 0.2) is 0 Å². The van der Waals surface area contributed by atoms with Crippen LogP contribution in [0.4, 0.5) is 20.2 Å². The molecule has 2 aromatic carbocycles. The Bertz CT molecular complexity index is 974. The van der Waals surface area contributed by atoms with E-state index in [-0.39, 0.29) is 29.5 Å². The van der Waals surface area contributed by atoms with Crippen LogP contribution in [0.25, 0.3) is 0 Å². The van der Waals surface area contributed by atoms with E-state index in [0.717, 1.165) is 62.3 Å². The van der Waals surface area contributed by atoms with Crippen molar-refractivity contribution in [3.63, 3.8) is 0 Å². The van der Waals surface area contributed by atoms with Gasteiger partial charge in [0.2, 0.25) is 5.91 Å². The largest absolute Gasteiger partial charge is 0.353 e.